The molecule has 18 heavy (non-hydrogen) atoms. The molecule has 2 rings (SSSR count). The first kappa shape index (κ1) is 12.4. The molecule has 0 spiro atoms. The van der Waals surface area contributed by atoms with E-state index in [1.807, 2.05) is 32.0 Å². The van der Waals surface area contributed by atoms with Crippen molar-refractivity contribution in [1.29, 1.82) is 0 Å². The summed E-state index contributed by atoms with van der Waals surface area (Å²) in [6, 6.07) is 7.25. The van der Waals surface area contributed by atoms with Gasteiger partial charge in [0.15, 0.2) is 5.76 Å². The fraction of sp³-hybridized carbons (Fsp3) is 0.286. The Morgan fingerprint density at radius 2 is 2.17 bits per heavy atom. The van der Waals surface area contributed by atoms with E-state index in [9.17, 15) is 4.79 Å². The van der Waals surface area contributed by atoms with E-state index in [2.05, 4.69) is 17.1 Å². The summed E-state index contributed by atoms with van der Waals surface area (Å²) in [6.07, 6.45) is 0.938. The minimum atomic E-state index is -0.230. The van der Waals surface area contributed by atoms with Gasteiger partial charge >= 0.3 is 0 Å². The summed E-state index contributed by atoms with van der Waals surface area (Å²) >= 11 is 0. The van der Waals surface area contributed by atoms with Crippen LogP contribution in [0.4, 0.5) is 5.69 Å². The van der Waals surface area contributed by atoms with Crippen molar-refractivity contribution in [2.24, 2.45) is 4.99 Å². The van der Waals surface area contributed by atoms with Crippen molar-refractivity contribution in [1.82, 2.24) is 5.16 Å². The zero-order valence-electron chi connectivity index (χ0n) is 10.8. The van der Waals surface area contributed by atoms with E-state index >= 15 is 0 Å². The van der Waals surface area contributed by atoms with Gasteiger partial charge in [-0.3, -0.25) is 9.79 Å². The lowest BCUT2D eigenvalue weighted by Gasteiger charge is -2.04. The van der Waals surface area contributed by atoms with Crippen LogP contribution in [0.5, 0.6) is 0 Å². The molecule has 0 radical (unpaired) electrons. The van der Waals surface area contributed by atoms with Crippen molar-refractivity contribution in [2.75, 3.05) is 0 Å². The van der Waals surface area contributed by atoms with Crippen molar-refractivity contribution >= 4 is 11.4 Å². The largest absolute Gasteiger partial charge is 0.378 e. The summed E-state index contributed by atoms with van der Waals surface area (Å²) in [5.74, 6) is 0.547. The van der Waals surface area contributed by atoms with Gasteiger partial charge in [-0.1, -0.05) is 6.92 Å². The first-order valence-electron chi connectivity index (χ1n) is 5.94. The molecule has 0 aliphatic heterocycles. The Labute approximate surface area is 105 Å². The van der Waals surface area contributed by atoms with Gasteiger partial charge < -0.3 is 4.52 Å². The molecule has 1 heterocycles. The Morgan fingerprint density at radius 3 is 2.72 bits per heavy atom. The molecule has 0 bridgehead atoms. The molecule has 0 saturated carbocycles. The lowest BCUT2D eigenvalue weighted by molar-refractivity contribution is 0.426. The summed E-state index contributed by atoms with van der Waals surface area (Å²) in [6.45, 7) is 6.09. The lowest BCUT2D eigenvalue weighted by atomic mass is 10.1. The summed E-state index contributed by atoms with van der Waals surface area (Å²) < 4.78 is 5.07. The van der Waals surface area contributed by atoms with Gasteiger partial charge in [0.25, 0.3) is 5.56 Å². The highest BCUT2D eigenvalue weighted by Gasteiger charge is 2.06. The van der Waals surface area contributed by atoms with Crippen molar-refractivity contribution in [2.45, 2.75) is 27.2 Å². The maximum atomic E-state index is 11.0. The van der Waals surface area contributed by atoms with Gasteiger partial charge in [-0.2, -0.15) is 5.16 Å². The second-order valence-corrected chi connectivity index (χ2v) is 4.28. The first-order valence-corrected chi connectivity index (χ1v) is 5.94. The molecule has 0 atom stereocenters. The highest BCUT2D eigenvalue weighted by atomic mass is 16.5. The molecule has 1 N–H and O–H groups in total. The zero-order valence-corrected chi connectivity index (χ0v) is 10.8. The maximum Gasteiger partial charge on any atom is 0.280 e. The Kier molecular flexibility index (Phi) is 3.46. The van der Waals surface area contributed by atoms with Crippen molar-refractivity contribution < 1.29 is 4.52 Å². The molecule has 94 valence electrons. The molecule has 0 saturated heterocycles. The monoisotopic (exact) mass is 244 g/mol. The number of aromatic nitrogens is 1. The van der Waals surface area contributed by atoms with E-state index in [1.54, 1.807) is 0 Å². The highest BCUT2D eigenvalue weighted by Crippen LogP contribution is 2.25. The van der Waals surface area contributed by atoms with Crippen LogP contribution in [0.2, 0.25) is 0 Å². The van der Waals surface area contributed by atoms with E-state index < -0.39 is 0 Å². The quantitative estimate of drug-likeness (QED) is 0.841. The van der Waals surface area contributed by atoms with Crippen LogP contribution >= 0.6 is 0 Å². The number of rotatable bonds is 3. The van der Waals surface area contributed by atoms with Crippen LogP contribution in [0, 0.1) is 6.92 Å². The number of hydrogen-bond acceptors (Lipinski definition) is 3. The van der Waals surface area contributed by atoms with E-state index in [4.69, 9.17) is 4.52 Å². The molecule has 0 fully saturated rings. The lowest BCUT2D eigenvalue weighted by Crippen LogP contribution is -1.92. The number of hydrogen-bond donors (Lipinski definition) is 1. The summed E-state index contributed by atoms with van der Waals surface area (Å²) in [4.78, 5) is 15.6. The van der Waals surface area contributed by atoms with Gasteiger partial charge in [0.05, 0.1) is 11.8 Å². The molecule has 4 nitrogen and oxygen atoms in total. The van der Waals surface area contributed by atoms with Crippen molar-refractivity contribution in [3.05, 3.63) is 40.2 Å². The normalized spacial score (nSPS) is 11.8. The average Bonchev–Trinajstić information content (AvgIpc) is 2.78. The fourth-order valence-corrected chi connectivity index (χ4v) is 1.64. The first-order chi connectivity index (χ1) is 8.60. The van der Waals surface area contributed by atoms with Gasteiger partial charge in [0.1, 0.15) is 0 Å². The van der Waals surface area contributed by atoms with Gasteiger partial charge in [0.2, 0.25) is 0 Å². The van der Waals surface area contributed by atoms with Crippen LogP contribution in [0.1, 0.15) is 25.8 Å². The SMILES string of the molecule is CCC(C)=Nc1ccc(-c2cc(=O)[nH]o2)cc1C. The molecule has 4 heteroatoms. The molecular weight excluding hydrogens is 228 g/mol. The van der Waals surface area contributed by atoms with Crippen LogP contribution in [0.15, 0.2) is 38.6 Å². The molecule has 1 aromatic carbocycles. The van der Waals surface area contributed by atoms with E-state index in [-0.39, 0.29) is 5.56 Å². The number of aliphatic imine (C=N–C) groups is 1. The molecule has 0 amide bonds. The molecule has 2 aromatic rings. The molecule has 0 aliphatic carbocycles. The van der Waals surface area contributed by atoms with Gasteiger partial charge in [-0.15, -0.1) is 0 Å². The number of H-pyrrole nitrogens is 1. The number of aromatic amines is 1. The maximum absolute atomic E-state index is 11.0. The summed E-state index contributed by atoms with van der Waals surface area (Å²) in [7, 11) is 0. The van der Waals surface area contributed by atoms with Gasteiger partial charge in [-0.05, 0) is 44.0 Å². The summed E-state index contributed by atoms with van der Waals surface area (Å²) in [5, 5.41) is 2.28. The van der Waals surface area contributed by atoms with Gasteiger partial charge in [-0.25, -0.2) is 0 Å². The Hall–Kier alpha value is -2.10. The Morgan fingerprint density at radius 1 is 1.39 bits per heavy atom. The van der Waals surface area contributed by atoms with E-state index in [0.29, 0.717) is 5.76 Å². The van der Waals surface area contributed by atoms with Crippen LogP contribution in [-0.2, 0) is 0 Å². The Balaban J connectivity index is 2.39. The van der Waals surface area contributed by atoms with E-state index in [0.717, 1.165) is 28.9 Å². The third kappa shape index (κ3) is 2.59. The third-order valence-corrected chi connectivity index (χ3v) is 2.83. The highest BCUT2D eigenvalue weighted by molar-refractivity contribution is 5.84. The number of aryl methyl sites for hydroxylation is 1. The fourth-order valence-electron chi connectivity index (χ4n) is 1.64. The molecular formula is C14H16N2O2. The van der Waals surface area contributed by atoms with Crippen molar-refractivity contribution in [3.63, 3.8) is 0 Å². The molecule has 0 unspecified atom stereocenters. The topological polar surface area (TPSA) is 58.4 Å². The second kappa shape index (κ2) is 5.04. The van der Waals surface area contributed by atoms with Crippen LogP contribution in [0.25, 0.3) is 11.3 Å². The van der Waals surface area contributed by atoms with Crippen molar-refractivity contribution in [3.8, 4) is 11.3 Å². The number of nitrogens with one attached hydrogen (secondary N) is 1. The van der Waals surface area contributed by atoms with Crippen LogP contribution < -0.4 is 5.56 Å². The minimum absolute atomic E-state index is 0.230. The third-order valence-electron chi connectivity index (χ3n) is 2.83. The predicted molar refractivity (Wildman–Crippen MR) is 72.6 cm³/mol. The Bertz CT molecular complexity index is 635. The zero-order chi connectivity index (χ0) is 13.1. The van der Waals surface area contributed by atoms with Crippen LogP contribution in [0.3, 0.4) is 0 Å². The number of nitrogens with zero attached hydrogens (tertiary/aromatic N) is 1. The standard InChI is InChI=1S/C14H16N2O2/c1-4-10(3)15-12-6-5-11(7-9(12)2)13-8-14(17)16-18-13/h5-8H,4H2,1-3H3,(H,16,17). The smallest absolute Gasteiger partial charge is 0.280 e. The summed E-state index contributed by atoms with van der Waals surface area (Å²) in [5.41, 5.74) is 3.75. The molecule has 0 aliphatic rings. The van der Waals surface area contributed by atoms with Crippen LogP contribution in [-0.4, -0.2) is 10.9 Å². The average molecular weight is 244 g/mol. The minimum Gasteiger partial charge on any atom is -0.378 e. The number of benzene rings is 1. The predicted octanol–water partition coefficient (Wildman–Crippen LogP) is 3.45. The second-order valence-electron chi connectivity index (χ2n) is 4.28. The van der Waals surface area contributed by atoms with E-state index in [1.165, 1.54) is 6.07 Å². The van der Waals surface area contributed by atoms with Gasteiger partial charge in [0, 0.05) is 11.3 Å². The molecule has 1 aromatic heterocycles.